The van der Waals surface area contributed by atoms with Crippen LogP contribution < -0.4 is 10.6 Å². The monoisotopic (exact) mass is 470 g/mol. The third kappa shape index (κ3) is 7.06. The van der Waals surface area contributed by atoms with Crippen LogP contribution in [-0.2, 0) is 16.0 Å². The molecule has 0 bridgehead atoms. The number of benzene rings is 3. The number of aliphatic carboxylic acids is 1. The summed E-state index contributed by atoms with van der Waals surface area (Å²) < 4.78 is 0. The van der Waals surface area contributed by atoms with Gasteiger partial charge in [0.1, 0.15) is 6.04 Å². The van der Waals surface area contributed by atoms with Crippen LogP contribution in [0.3, 0.4) is 0 Å². The Kier molecular flexibility index (Phi) is 8.48. The molecule has 3 rings (SSSR count). The lowest BCUT2D eigenvalue weighted by Crippen LogP contribution is -2.42. The summed E-state index contributed by atoms with van der Waals surface area (Å²) >= 11 is 0. The van der Waals surface area contributed by atoms with Crippen molar-refractivity contribution in [2.75, 3.05) is 5.32 Å². The van der Waals surface area contributed by atoms with Crippen molar-refractivity contribution in [1.29, 1.82) is 0 Å². The molecule has 0 aliphatic carbocycles. The van der Waals surface area contributed by atoms with E-state index in [9.17, 15) is 14.7 Å². The molecule has 1 atom stereocenters. The normalized spacial score (nSPS) is 12.3. The summed E-state index contributed by atoms with van der Waals surface area (Å²) in [6, 6.07) is 21.3. The van der Waals surface area contributed by atoms with Crippen LogP contribution in [0.4, 0.5) is 5.69 Å². The van der Waals surface area contributed by atoms with E-state index >= 15 is 0 Å². The van der Waals surface area contributed by atoms with Crippen LogP contribution in [-0.4, -0.2) is 29.1 Å². The Balaban J connectivity index is 1.77. The summed E-state index contributed by atoms with van der Waals surface area (Å²) in [5.74, 6) is -1.44. The van der Waals surface area contributed by atoms with Gasteiger partial charge in [-0.25, -0.2) is 4.79 Å². The molecule has 3 N–H and O–H groups in total. The van der Waals surface area contributed by atoms with Crippen molar-refractivity contribution in [1.82, 2.24) is 5.32 Å². The maximum absolute atomic E-state index is 12.8. The van der Waals surface area contributed by atoms with Crippen LogP contribution in [0.5, 0.6) is 0 Å². The van der Waals surface area contributed by atoms with Gasteiger partial charge in [0.25, 0.3) is 0 Å². The van der Waals surface area contributed by atoms with E-state index in [1.54, 1.807) is 6.92 Å². The molecule has 5 heteroatoms. The van der Waals surface area contributed by atoms with Gasteiger partial charge in [0.2, 0.25) is 5.91 Å². The molecule has 0 unspecified atom stereocenters. The van der Waals surface area contributed by atoms with Gasteiger partial charge in [-0.15, -0.1) is 0 Å². The Bertz CT molecular complexity index is 1210. The predicted octanol–water partition coefficient (Wildman–Crippen LogP) is 6.01. The first-order valence-corrected chi connectivity index (χ1v) is 11.9. The number of carbonyl (C=O) groups excluding carboxylic acids is 1. The molecular weight excluding hydrogens is 436 g/mol. The standard InChI is InChI=1S/C30H34N2O3/c1-19(2)31-26-13-11-24(12-14-26)27-17-20(3)25(15-21(27)4)16-22(5)29(33)32-28(30(34)35)18-23-9-7-6-8-10-23/h6-17,19,28,31H,18H2,1-5H3,(H,32,33)(H,34,35)/t28-/m1/s1. The number of hydrogen-bond donors (Lipinski definition) is 3. The third-order valence-corrected chi connectivity index (χ3v) is 5.88. The fourth-order valence-electron chi connectivity index (χ4n) is 4.01. The highest BCUT2D eigenvalue weighted by Gasteiger charge is 2.21. The van der Waals surface area contributed by atoms with Gasteiger partial charge >= 0.3 is 5.97 Å². The fourth-order valence-corrected chi connectivity index (χ4v) is 4.01. The Labute approximate surface area is 207 Å². The van der Waals surface area contributed by atoms with E-state index in [1.165, 1.54) is 0 Å². The number of carbonyl (C=O) groups is 2. The highest BCUT2D eigenvalue weighted by atomic mass is 16.4. The summed E-state index contributed by atoms with van der Waals surface area (Å²) in [6.45, 7) is 10.0. The Morgan fingerprint density at radius 1 is 0.943 bits per heavy atom. The fraction of sp³-hybridized carbons (Fsp3) is 0.267. The molecule has 1 amide bonds. The smallest absolute Gasteiger partial charge is 0.326 e. The average molecular weight is 471 g/mol. The van der Waals surface area contributed by atoms with Gasteiger partial charge in [0, 0.05) is 23.7 Å². The van der Waals surface area contributed by atoms with Gasteiger partial charge in [-0.05, 0) is 86.2 Å². The quantitative estimate of drug-likeness (QED) is 0.335. The van der Waals surface area contributed by atoms with Gasteiger partial charge < -0.3 is 15.7 Å². The molecule has 0 heterocycles. The third-order valence-electron chi connectivity index (χ3n) is 5.88. The Morgan fingerprint density at radius 3 is 2.20 bits per heavy atom. The van der Waals surface area contributed by atoms with Gasteiger partial charge in [-0.3, -0.25) is 4.79 Å². The molecule has 5 nitrogen and oxygen atoms in total. The van der Waals surface area contributed by atoms with E-state index in [4.69, 9.17) is 0 Å². The molecule has 0 saturated carbocycles. The average Bonchev–Trinajstić information content (AvgIpc) is 2.81. The Hall–Kier alpha value is -3.86. The number of carboxylic acids is 1. The molecule has 3 aromatic rings. The van der Waals surface area contributed by atoms with E-state index in [0.29, 0.717) is 11.6 Å². The molecule has 35 heavy (non-hydrogen) atoms. The zero-order chi connectivity index (χ0) is 25.5. The van der Waals surface area contributed by atoms with Crippen molar-refractivity contribution in [3.8, 4) is 11.1 Å². The van der Waals surface area contributed by atoms with Crippen molar-refractivity contribution < 1.29 is 14.7 Å². The summed E-state index contributed by atoms with van der Waals surface area (Å²) in [5, 5.41) is 15.7. The van der Waals surface area contributed by atoms with Gasteiger partial charge in [0.15, 0.2) is 0 Å². The first kappa shape index (κ1) is 25.8. The topological polar surface area (TPSA) is 78.4 Å². The summed E-state index contributed by atoms with van der Waals surface area (Å²) in [6.07, 6.45) is 2.05. The largest absolute Gasteiger partial charge is 0.480 e. The molecule has 0 fully saturated rings. The van der Waals surface area contributed by atoms with Gasteiger partial charge in [0.05, 0.1) is 0 Å². The highest BCUT2D eigenvalue weighted by molar-refractivity contribution is 5.99. The minimum absolute atomic E-state index is 0.230. The lowest BCUT2D eigenvalue weighted by atomic mass is 9.94. The van der Waals surface area contributed by atoms with Gasteiger partial charge in [-0.1, -0.05) is 54.6 Å². The van der Waals surface area contributed by atoms with Crippen molar-refractivity contribution in [2.24, 2.45) is 0 Å². The van der Waals surface area contributed by atoms with Crippen molar-refractivity contribution in [2.45, 2.75) is 53.1 Å². The SMILES string of the molecule is CC(=Cc1cc(C)c(-c2ccc(NC(C)C)cc2)cc1C)C(=O)N[C@H](Cc1ccccc1)C(=O)O. The van der Waals surface area contributed by atoms with Crippen LogP contribution in [0.2, 0.25) is 0 Å². The number of aryl methyl sites for hydroxylation is 2. The second-order valence-corrected chi connectivity index (χ2v) is 9.28. The number of nitrogens with one attached hydrogen (secondary N) is 2. The molecule has 0 radical (unpaired) electrons. The molecule has 0 aliphatic heterocycles. The summed E-state index contributed by atoms with van der Waals surface area (Å²) in [5.41, 5.74) is 7.77. The molecule has 0 spiro atoms. The lowest BCUT2D eigenvalue weighted by Gasteiger charge is -2.16. The molecular formula is C30H34N2O3. The van der Waals surface area contributed by atoms with E-state index in [-0.39, 0.29) is 12.3 Å². The lowest BCUT2D eigenvalue weighted by molar-refractivity contribution is -0.141. The molecule has 3 aromatic carbocycles. The number of rotatable bonds is 9. The molecule has 0 aromatic heterocycles. The van der Waals surface area contributed by atoms with Crippen molar-refractivity contribution in [3.05, 3.63) is 94.6 Å². The second-order valence-electron chi connectivity index (χ2n) is 9.28. The minimum Gasteiger partial charge on any atom is -0.480 e. The van der Waals surface area contributed by atoms with E-state index in [0.717, 1.165) is 39.1 Å². The van der Waals surface area contributed by atoms with E-state index < -0.39 is 12.0 Å². The van der Waals surface area contributed by atoms with E-state index in [1.807, 2.05) is 43.3 Å². The van der Waals surface area contributed by atoms with Crippen LogP contribution >= 0.6 is 0 Å². The number of anilines is 1. The maximum Gasteiger partial charge on any atom is 0.326 e. The predicted molar refractivity (Wildman–Crippen MR) is 143 cm³/mol. The maximum atomic E-state index is 12.8. The molecule has 182 valence electrons. The van der Waals surface area contributed by atoms with Crippen LogP contribution in [0, 0.1) is 13.8 Å². The second kappa shape index (κ2) is 11.5. The van der Waals surface area contributed by atoms with Crippen LogP contribution in [0.15, 0.2) is 72.3 Å². The Morgan fingerprint density at radius 2 is 1.60 bits per heavy atom. The van der Waals surface area contributed by atoms with Crippen LogP contribution in [0.1, 0.15) is 43.0 Å². The van der Waals surface area contributed by atoms with E-state index in [2.05, 4.69) is 67.8 Å². The number of amides is 1. The molecule has 0 aliphatic rings. The zero-order valence-corrected chi connectivity index (χ0v) is 21.1. The summed E-state index contributed by atoms with van der Waals surface area (Å²) in [7, 11) is 0. The summed E-state index contributed by atoms with van der Waals surface area (Å²) in [4.78, 5) is 24.5. The van der Waals surface area contributed by atoms with Crippen molar-refractivity contribution >= 4 is 23.6 Å². The highest BCUT2D eigenvalue weighted by Crippen LogP contribution is 2.29. The van der Waals surface area contributed by atoms with Gasteiger partial charge in [-0.2, -0.15) is 0 Å². The first-order valence-electron chi connectivity index (χ1n) is 11.9. The minimum atomic E-state index is -1.05. The first-order chi connectivity index (χ1) is 16.6. The number of carboxylic acid groups (broad SMARTS) is 1. The molecule has 0 saturated heterocycles. The number of hydrogen-bond acceptors (Lipinski definition) is 3. The van der Waals surface area contributed by atoms with Crippen molar-refractivity contribution in [3.63, 3.8) is 0 Å². The zero-order valence-electron chi connectivity index (χ0n) is 21.1. The van der Waals surface area contributed by atoms with Crippen LogP contribution in [0.25, 0.3) is 17.2 Å².